The fourth-order valence-corrected chi connectivity index (χ4v) is 3.50. The van der Waals surface area contributed by atoms with Gasteiger partial charge in [-0.1, -0.05) is 12.1 Å². The summed E-state index contributed by atoms with van der Waals surface area (Å²) in [5.74, 6) is 1.01. The van der Waals surface area contributed by atoms with Crippen LogP contribution in [-0.4, -0.2) is 43.9 Å². The summed E-state index contributed by atoms with van der Waals surface area (Å²) in [6, 6.07) is 8.60. The fraction of sp³-hybridized carbons (Fsp3) is 0.368. The van der Waals surface area contributed by atoms with Crippen molar-refractivity contribution in [2.24, 2.45) is 7.05 Å². The third kappa shape index (κ3) is 3.81. The van der Waals surface area contributed by atoms with Crippen molar-refractivity contribution in [1.82, 2.24) is 29.5 Å². The highest BCUT2D eigenvalue weighted by atomic mass is 19.4. The molecule has 0 spiro atoms. The van der Waals surface area contributed by atoms with Crippen molar-refractivity contribution in [2.45, 2.75) is 18.8 Å². The molecular weight excluding hydrogens is 369 g/mol. The molecule has 28 heavy (non-hydrogen) atoms. The fourth-order valence-electron chi connectivity index (χ4n) is 3.50. The topological polar surface area (TPSA) is 50.9 Å². The summed E-state index contributed by atoms with van der Waals surface area (Å²) in [5, 5.41) is 7.03. The zero-order chi connectivity index (χ0) is 19.7. The number of halogens is 3. The summed E-state index contributed by atoms with van der Waals surface area (Å²) in [6.07, 6.45) is 0.630. The Labute approximate surface area is 160 Å². The first-order chi connectivity index (χ1) is 13.4. The first-order valence-corrected chi connectivity index (χ1v) is 9.06. The lowest BCUT2D eigenvalue weighted by Crippen LogP contribution is -2.46. The number of imidazole rings is 1. The first-order valence-electron chi connectivity index (χ1n) is 9.06. The van der Waals surface area contributed by atoms with Gasteiger partial charge in [0.1, 0.15) is 5.82 Å². The highest BCUT2D eigenvalue weighted by Gasteiger charge is 2.33. The maximum Gasteiger partial charge on any atom is 0.435 e. The van der Waals surface area contributed by atoms with Gasteiger partial charge in [0, 0.05) is 51.8 Å². The number of nitrogens with one attached hydrogen (secondary N) is 1. The van der Waals surface area contributed by atoms with Crippen molar-refractivity contribution >= 4 is 0 Å². The lowest BCUT2D eigenvalue weighted by Gasteiger charge is -2.35. The van der Waals surface area contributed by atoms with Crippen molar-refractivity contribution in [2.75, 3.05) is 19.6 Å². The maximum atomic E-state index is 12.7. The van der Waals surface area contributed by atoms with E-state index in [2.05, 4.69) is 20.3 Å². The normalized spacial score (nSPS) is 18.5. The minimum Gasteiger partial charge on any atom is -0.337 e. The van der Waals surface area contributed by atoms with Crippen LogP contribution in [0.2, 0.25) is 0 Å². The summed E-state index contributed by atoms with van der Waals surface area (Å²) < 4.78 is 41.5. The zero-order valence-electron chi connectivity index (χ0n) is 15.4. The largest absolute Gasteiger partial charge is 0.435 e. The third-order valence-electron chi connectivity index (χ3n) is 4.98. The smallest absolute Gasteiger partial charge is 0.337 e. The number of piperazine rings is 1. The zero-order valence-corrected chi connectivity index (χ0v) is 15.4. The van der Waals surface area contributed by atoms with E-state index in [4.69, 9.17) is 0 Å². The van der Waals surface area contributed by atoms with E-state index in [1.165, 1.54) is 10.9 Å². The molecule has 0 saturated carbocycles. The Kier molecular flexibility index (Phi) is 4.94. The van der Waals surface area contributed by atoms with Gasteiger partial charge >= 0.3 is 6.18 Å². The van der Waals surface area contributed by atoms with Crippen LogP contribution in [0, 0.1) is 0 Å². The van der Waals surface area contributed by atoms with Gasteiger partial charge < -0.3 is 9.88 Å². The van der Waals surface area contributed by atoms with E-state index >= 15 is 0 Å². The number of aromatic nitrogens is 4. The van der Waals surface area contributed by atoms with Gasteiger partial charge in [-0.05, 0) is 23.8 Å². The summed E-state index contributed by atoms with van der Waals surface area (Å²) in [6.45, 7) is 3.38. The molecule has 9 heteroatoms. The molecule has 4 rings (SSSR count). The molecule has 3 heterocycles. The summed E-state index contributed by atoms with van der Waals surface area (Å²) in [5.41, 5.74) is 0.795. The van der Waals surface area contributed by atoms with Crippen LogP contribution in [0.3, 0.4) is 0 Å². The number of hydrogen-bond acceptors (Lipinski definition) is 4. The van der Waals surface area contributed by atoms with Crippen LogP contribution in [0.15, 0.2) is 48.9 Å². The van der Waals surface area contributed by atoms with Gasteiger partial charge in [0.25, 0.3) is 0 Å². The van der Waals surface area contributed by atoms with Crippen molar-refractivity contribution < 1.29 is 13.2 Å². The molecule has 0 bridgehead atoms. The maximum absolute atomic E-state index is 12.7. The molecule has 0 amide bonds. The highest BCUT2D eigenvalue weighted by molar-refractivity contribution is 5.34. The van der Waals surface area contributed by atoms with E-state index in [9.17, 15) is 13.2 Å². The summed E-state index contributed by atoms with van der Waals surface area (Å²) in [4.78, 5) is 6.85. The summed E-state index contributed by atoms with van der Waals surface area (Å²) >= 11 is 0. The number of alkyl halides is 3. The molecule has 3 aromatic rings. The van der Waals surface area contributed by atoms with Crippen LogP contribution < -0.4 is 5.32 Å². The van der Waals surface area contributed by atoms with Gasteiger partial charge in [0.15, 0.2) is 5.69 Å². The molecule has 1 saturated heterocycles. The van der Waals surface area contributed by atoms with Crippen LogP contribution in [0.4, 0.5) is 13.2 Å². The van der Waals surface area contributed by atoms with Crippen molar-refractivity contribution in [3.05, 3.63) is 66.0 Å². The molecule has 1 aromatic carbocycles. The van der Waals surface area contributed by atoms with Crippen LogP contribution in [-0.2, 0) is 19.8 Å². The molecule has 0 aliphatic carbocycles. The average Bonchev–Trinajstić information content (AvgIpc) is 3.32. The highest BCUT2D eigenvalue weighted by Crippen LogP contribution is 2.28. The lowest BCUT2D eigenvalue weighted by molar-refractivity contribution is -0.141. The minimum atomic E-state index is -4.44. The molecule has 6 nitrogen and oxygen atoms in total. The Hall–Kier alpha value is -2.65. The Morgan fingerprint density at radius 2 is 1.93 bits per heavy atom. The molecule has 1 atom stereocenters. The molecule has 0 radical (unpaired) electrons. The molecule has 2 aromatic heterocycles. The number of nitrogens with zero attached hydrogens (tertiary/aromatic N) is 5. The van der Waals surface area contributed by atoms with E-state index in [-0.39, 0.29) is 6.04 Å². The summed E-state index contributed by atoms with van der Waals surface area (Å²) in [7, 11) is 1.99. The van der Waals surface area contributed by atoms with Crippen LogP contribution >= 0.6 is 0 Å². The van der Waals surface area contributed by atoms with Crippen LogP contribution in [0.1, 0.15) is 23.1 Å². The van der Waals surface area contributed by atoms with E-state index in [1.54, 1.807) is 18.3 Å². The van der Waals surface area contributed by atoms with Gasteiger partial charge in [0.2, 0.25) is 0 Å². The lowest BCUT2D eigenvalue weighted by atomic mass is 10.1. The van der Waals surface area contributed by atoms with Gasteiger partial charge in [-0.15, -0.1) is 0 Å². The minimum absolute atomic E-state index is 0.175. The standard InChI is InChI=1S/C19H21F3N6/c1-26-10-8-24-18(26)16-12-23-7-11-27(16)13-14-2-4-15(5-3-14)28-9-6-17(25-28)19(20,21)22/h2-6,8-10,16,23H,7,11-13H2,1H3. The first kappa shape index (κ1) is 18.7. The second-order valence-electron chi connectivity index (χ2n) is 6.90. The number of hydrogen-bond donors (Lipinski definition) is 1. The molecule has 1 unspecified atom stereocenters. The van der Waals surface area contributed by atoms with Gasteiger partial charge in [0.05, 0.1) is 11.7 Å². The van der Waals surface area contributed by atoms with Gasteiger partial charge in [-0.3, -0.25) is 4.90 Å². The van der Waals surface area contributed by atoms with Crippen LogP contribution in [0.5, 0.6) is 0 Å². The van der Waals surface area contributed by atoms with E-state index < -0.39 is 11.9 Å². The molecule has 1 aliphatic rings. The van der Waals surface area contributed by atoms with E-state index in [0.717, 1.165) is 43.6 Å². The van der Waals surface area contributed by atoms with Gasteiger partial charge in [-0.2, -0.15) is 18.3 Å². The number of benzene rings is 1. The molecule has 148 valence electrons. The Balaban J connectivity index is 1.49. The Bertz CT molecular complexity index is 928. The Morgan fingerprint density at radius 3 is 2.57 bits per heavy atom. The van der Waals surface area contributed by atoms with E-state index in [1.807, 2.05) is 29.9 Å². The monoisotopic (exact) mass is 390 g/mol. The number of rotatable bonds is 4. The van der Waals surface area contributed by atoms with Crippen molar-refractivity contribution in [3.63, 3.8) is 0 Å². The predicted molar refractivity (Wildman–Crippen MR) is 97.8 cm³/mol. The third-order valence-corrected chi connectivity index (χ3v) is 4.98. The van der Waals surface area contributed by atoms with Gasteiger partial charge in [-0.25, -0.2) is 9.67 Å². The molecule has 1 aliphatic heterocycles. The second kappa shape index (κ2) is 7.40. The molecule has 1 fully saturated rings. The van der Waals surface area contributed by atoms with Crippen LogP contribution in [0.25, 0.3) is 5.69 Å². The van der Waals surface area contributed by atoms with Crippen molar-refractivity contribution in [1.29, 1.82) is 0 Å². The number of aryl methyl sites for hydroxylation is 1. The molecular formula is C19H21F3N6. The Morgan fingerprint density at radius 1 is 1.14 bits per heavy atom. The predicted octanol–water partition coefficient (Wildman–Crippen LogP) is 2.77. The SMILES string of the molecule is Cn1ccnc1C1CNCCN1Cc1ccc(-n2ccc(C(F)(F)F)n2)cc1. The van der Waals surface area contributed by atoms with Crippen molar-refractivity contribution in [3.8, 4) is 5.69 Å². The molecule has 1 N–H and O–H groups in total. The second-order valence-corrected chi connectivity index (χ2v) is 6.90. The average molecular weight is 390 g/mol. The quantitative estimate of drug-likeness (QED) is 0.744. The van der Waals surface area contributed by atoms with E-state index in [0.29, 0.717) is 5.69 Å².